The van der Waals surface area contributed by atoms with Crippen LogP contribution in [0.3, 0.4) is 0 Å². The smallest absolute Gasteiger partial charge is 0.255 e. The first kappa shape index (κ1) is 39.8. The van der Waals surface area contributed by atoms with E-state index in [0.29, 0.717) is 46.7 Å². The van der Waals surface area contributed by atoms with Gasteiger partial charge in [0.1, 0.15) is 35.2 Å². The van der Waals surface area contributed by atoms with Gasteiger partial charge < -0.3 is 28.9 Å². The van der Waals surface area contributed by atoms with Crippen LogP contribution in [0.15, 0.2) is 36.7 Å². The van der Waals surface area contributed by atoms with E-state index in [-0.39, 0.29) is 42.2 Å². The summed E-state index contributed by atoms with van der Waals surface area (Å²) in [5.74, 6) is 1.16. The fourth-order valence-corrected chi connectivity index (χ4v) is 10.0. The van der Waals surface area contributed by atoms with E-state index in [1.165, 1.54) is 18.9 Å². The molecule has 1 atom stereocenters. The van der Waals surface area contributed by atoms with Gasteiger partial charge in [0.05, 0.1) is 42.8 Å². The molecule has 2 aliphatic carbocycles. The van der Waals surface area contributed by atoms with Crippen LogP contribution in [-0.2, 0) is 20.9 Å². The molecule has 2 N–H and O–H groups in total. The maximum Gasteiger partial charge on any atom is 0.255 e. The van der Waals surface area contributed by atoms with Crippen molar-refractivity contribution in [2.75, 3.05) is 62.7 Å². The average Bonchev–Trinajstić information content (AvgIpc) is 3.71. The van der Waals surface area contributed by atoms with Crippen molar-refractivity contribution in [1.29, 1.82) is 0 Å². The summed E-state index contributed by atoms with van der Waals surface area (Å²) >= 11 is 0. The van der Waals surface area contributed by atoms with Crippen molar-refractivity contribution < 1.29 is 33.0 Å². The minimum absolute atomic E-state index is 0.197. The summed E-state index contributed by atoms with van der Waals surface area (Å²) in [6.45, 7) is 8.77. The minimum atomic E-state index is -0.658. The van der Waals surface area contributed by atoms with E-state index in [1.54, 1.807) is 24.4 Å². The average molecular weight is 836 g/mol. The Morgan fingerprint density at radius 3 is 2.39 bits per heavy atom. The van der Waals surface area contributed by atoms with E-state index in [1.807, 2.05) is 25.1 Å². The third-order valence-electron chi connectivity index (χ3n) is 13.8. The lowest BCUT2D eigenvalue weighted by molar-refractivity contribution is -0.136. The molecule has 5 fully saturated rings. The van der Waals surface area contributed by atoms with Crippen LogP contribution in [0.2, 0.25) is 0 Å². The number of carbonyl (C=O) groups excluding carboxylic acids is 3. The van der Waals surface area contributed by atoms with Crippen molar-refractivity contribution in [3.05, 3.63) is 53.6 Å². The molecule has 0 bridgehead atoms. The molecule has 3 saturated heterocycles. The number of piperazine rings is 1. The molecule has 4 aromatic rings. The number of piperidine rings is 2. The molecular weight excluding hydrogens is 782 g/mol. The summed E-state index contributed by atoms with van der Waals surface area (Å²) in [5, 5.41) is 10.6. The molecule has 1 unspecified atom stereocenters. The molecule has 15 nitrogen and oxygen atoms in total. The molecule has 0 radical (unpaired) electrons. The topological polar surface area (TPSA) is 158 Å². The first-order valence-corrected chi connectivity index (χ1v) is 22.0. The number of hydrogen-bond acceptors (Lipinski definition) is 12. The van der Waals surface area contributed by atoms with E-state index in [2.05, 4.69) is 40.2 Å². The first-order valence-electron chi connectivity index (χ1n) is 22.0. The number of nitrogens with zero attached hydrogens (tertiary/aromatic N) is 7. The summed E-state index contributed by atoms with van der Waals surface area (Å²) in [5.41, 5.74) is 3.99. The van der Waals surface area contributed by atoms with Crippen molar-refractivity contribution >= 4 is 40.1 Å². The third-order valence-corrected chi connectivity index (χ3v) is 13.8. The molecule has 0 spiro atoms. The Balaban J connectivity index is 0.677. The SMILES string of the molecule is COc1c(N2CCC(O[C@H]3CC[C@H](CN4CCN(c5cc(-c6n[nH]c7cc(F)c(OC8(C)CC8)cc67)ncn5)CC4)CC3)CC2)ccc2c1CN(C1CCC(=O)NC1=O)C2=O. The van der Waals surface area contributed by atoms with Gasteiger partial charge >= 0.3 is 0 Å². The Morgan fingerprint density at radius 1 is 0.885 bits per heavy atom. The summed E-state index contributed by atoms with van der Waals surface area (Å²) < 4.78 is 33.4. The Kier molecular flexibility index (Phi) is 10.5. The van der Waals surface area contributed by atoms with Crippen LogP contribution in [0.5, 0.6) is 11.5 Å². The maximum absolute atomic E-state index is 14.8. The van der Waals surface area contributed by atoms with Gasteiger partial charge in [-0.15, -0.1) is 0 Å². The molecule has 2 saturated carbocycles. The molecule has 16 heteroatoms. The zero-order valence-corrected chi connectivity index (χ0v) is 35.0. The lowest BCUT2D eigenvalue weighted by atomic mass is 9.86. The highest BCUT2D eigenvalue weighted by Gasteiger charge is 2.42. The summed E-state index contributed by atoms with van der Waals surface area (Å²) in [6.07, 6.45) is 10.9. The second-order valence-electron chi connectivity index (χ2n) is 18.0. The van der Waals surface area contributed by atoms with Crippen molar-refractivity contribution in [3.63, 3.8) is 0 Å². The second kappa shape index (κ2) is 16.2. The predicted octanol–water partition coefficient (Wildman–Crippen LogP) is 5.23. The predicted molar refractivity (Wildman–Crippen MR) is 225 cm³/mol. The van der Waals surface area contributed by atoms with Gasteiger partial charge in [0.2, 0.25) is 11.8 Å². The van der Waals surface area contributed by atoms with Crippen LogP contribution in [-0.4, -0.2) is 124 Å². The molecule has 4 aliphatic heterocycles. The van der Waals surface area contributed by atoms with Crippen LogP contribution in [0.25, 0.3) is 22.3 Å². The van der Waals surface area contributed by atoms with Crippen molar-refractivity contribution in [1.82, 2.24) is 35.3 Å². The van der Waals surface area contributed by atoms with E-state index >= 15 is 0 Å². The van der Waals surface area contributed by atoms with E-state index in [9.17, 15) is 18.8 Å². The molecule has 2 aromatic heterocycles. The van der Waals surface area contributed by atoms with E-state index in [4.69, 9.17) is 14.2 Å². The number of benzene rings is 2. The number of aromatic nitrogens is 4. The number of carbonyl (C=O) groups is 3. The lowest BCUT2D eigenvalue weighted by Gasteiger charge is -2.40. The van der Waals surface area contributed by atoms with E-state index in [0.717, 1.165) is 107 Å². The number of fused-ring (bicyclic) bond motifs is 2. The van der Waals surface area contributed by atoms with Crippen molar-refractivity contribution in [2.45, 2.75) is 102 Å². The van der Waals surface area contributed by atoms with Gasteiger partial charge in [-0.05, 0) is 88.8 Å². The number of rotatable bonds is 11. The molecule has 2 aromatic carbocycles. The van der Waals surface area contributed by atoms with E-state index < -0.39 is 17.8 Å². The molecule has 6 aliphatic rings. The fourth-order valence-electron chi connectivity index (χ4n) is 10.0. The zero-order chi connectivity index (χ0) is 41.8. The summed E-state index contributed by atoms with van der Waals surface area (Å²) in [6, 6.07) is 8.33. The van der Waals surface area contributed by atoms with Gasteiger partial charge in [-0.3, -0.25) is 29.7 Å². The number of nitrogens with one attached hydrogen (secondary N) is 2. The quantitative estimate of drug-likeness (QED) is 0.190. The monoisotopic (exact) mass is 835 g/mol. The zero-order valence-electron chi connectivity index (χ0n) is 35.0. The number of hydrogen-bond donors (Lipinski definition) is 2. The van der Waals surface area contributed by atoms with Crippen LogP contribution in [0.4, 0.5) is 15.9 Å². The van der Waals surface area contributed by atoms with Crippen LogP contribution in [0.1, 0.15) is 87.1 Å². The molecule has 6 heterocycles. The lowest BCUT2D eigenvalue weighted by Crippen LogP contribution is -2.52. The van der Waals surface area contributed by atoms with Crippen LogP contribution >= 0.6 is 0 Å². The minimum Gasteiger partial charge on any atom is -0.494 e. The van der Waals surface area contributed by atoms with Crippen molar-refractivity contribution in [3.8, 4) is 22.9 Å². The van der Waals surface area contributed by atoms with Gasteiger partial charge in [0, 0.05) is 80.9 Å². The second-order valence-corrected chi connectivity index (χ2v) is 18.0. The molecule has 3 amide bonds. The van der Waals surface area contributed by atoms with Crippen LogP contribution < -0.4 is 24.6 Å². The maximum atomic E-state index is 14.8. The number of ether oxygens (including phenoxy) is 3. The number of aromatic amines is 1. The number of methoxy groups -OCH3 is 1. The highest BCUT2D eigenvalue weighted by molar-refractivity contribution is 6.06. The Morgan fingerprint density at radius 2 is 1.66 bits per heavy atom. The number of halogens is 1. The fraction of sp³-hybridized carbons (Fsp3) is 0.556. The van der Waals surface area contributed by atoms with Gasteiger partial charge in [-0.2, -0.15) is 5.10 Å². The van der Waals surface area contributed by atoms with Gasteiger partial charge in [-0.25, -0.2) is 14.4 Å². The largest absolute Gasteiger partial charge is 0.494 e. The number of amides is 3. The summed E-state index contributed by atoms with van der Waals surface area (Å²) in [7, 11) is 1.64. The van der Waals surface area contributed by atoms with Gasteiger partial charge in [0.25, 0.3) is 5.91 Å². The number of anilines is 2. The molecule has 10 rings (SSSR count). The number of imide groups is 1. The van der Waals surface area contributed by atoms with Gasteiger partial charge in [-0.1, -0.05) is 0 Å². The van der Waals surface area contributed by atoms with Gasteiger partial charge in [0.15, 0.2) is 11.6 Å². The molecule has 61 heavy (non-hydrogen) atoms. The third kappa shape index (κ3) is 8.00. The Bertz CT molecular complexity index is 2330. The first-order chi connectivity index (χ1) is 29.6. The summed E-state index contributed by atoms with van der Waals surface area (Å²) in [4.78, 5) is 55.6. The molecular formula is C45H54FN9O6. The number of H-pyrrole nitrogens is 1. The Hall–Kier alpha value is -5.35. The van der Waals surface area contributed by atoms with Crippen molar-refractivity contribution in [2.24, 2.45) is 5.92 Å². The highest BCUT2D eigenvalue weighted by Crippen LogP contribution is 2.43. The molecule has 322 valence electrons. The normalized spacial score (nSPS) is 24.6. The Labute approximate surface area is 354 Å². The standard InChI is InChI=1S/C45H54FN9O6/c1-45(13-14-45)61-38-21-31-34(22-33(38)46)50-51-41(31)35-23-39(48-26-47-35)54-19-17-52(18-20-54)24-27-3-5-28(6-4-27)60-29-11-15-53(16-12-29)36-8-7-30-32(42(36)59-2)25-55(44(30)58)37-9-10-40(56)49-43(37)57/h7-8,21-23,26-29,37H,3-6,9-20,24-25H2,1-2H3,(H,50,51)(H,49,56,57)/t27-,28-,37?. The highest BCUT2D eigenvalue weighted by atomic mass is 19.1. The van der Waals surface area contributed by atoms with Crippen LogP contribution in [0, 0.1) is 11.7 Å².